The highest BCUT2D eigenvalue weighted by atomic mass is 32.2. The summed E-state index contributed by atoms with van der Waals surface area (Å²) in [6.45, 7) is 18.6. The van der Waals surface area contributed by atoms with Crippen LogP contribution in [-0.4, -0.2) is 164 Å². The molecule has 1 atom stereocenters. The number of likely N-dealkylation sites (tertiary alicyclic amines) is 1. The van der Waals surface area contributed by atoms with E-state index in [9.17, 15) is 24.0 Å². The predicted octanol–water partition coefficient (Wildman–Crippen LogP) is 3.04. The van der Waals surface area contributed by atoms with Crippen molar-refractivity contribution < 1.29 is 61.9 Å². The second-order valence-electron chi connectivity index (χ2n) is 15.2. The number of rotatable bonds is 36. The standard InChI is InChI=1S/C42H71N5O13S/c1-31(2)27-45-41(51)43-9-11-53-13-15-55-17-19-57-21-23-59-36-8-7-34(29-47-39(49)26-38(40(47)50)61-30-35(48)33(5)6)25-37(36)60-24-22-58-20-18-56-16-14-54-12-10-44-42(52)46-28-32(3)4/h7-8,25,31-33,38H,9-24,26-30H2,1-6H3,(H2,43,45,51)(H2,44,46,52). The molecule has 61 heavy (non-hydrogen) atoms. The van der Waals surface area contributed by atoms with E-state index in [1.54, 1.807) is 18.2 Å². The van der Waals surface area contributed by atoms with Gasteiger partial charge in [0.15, 0.2) is 11.5 Å². The zero-order valence-corrected chi connectivity index (χ0v) is 37.9. The van der Waals surface area contributed by atoms with E-state index in [0.717, 1.165) is 0 Å². The highest BCUT2D eigenvalue weighted by molar-refractivity contribution is 8.01. The van der Waals surface area contributed by atoms with E-state index < -0.39 is 5.25 Å². The van der Waals surface area contributed by atoms with E-state index in [1.807, 2.05) is 41.5 Å². The molecular formula is C42H71N5O13S. The van der Waals surface area contributed by atoms with Crippen molar-refractivity contribution >= 4 is 41.4 Å². The molecule has 0 spiro atoms. The van der Waals surface area contributed by atoms with Gasteiger partial charge in [-0.1, -0.05) is 47.6 Å². The Kier molecular flexibility index (Phi) is 28.8. The summed E-state index contributed by atoms with van der Waals surface area (Å²) in [5.41, 5.74) is 0.676. The van der Waals surface area contributed by atoms with Gasteiger partial charge >= 0.3 is 12.1 Å². The maximum atomic E-state index is 13.1. The molecule has 4 N–H and O–H groups in total. The predicted molar refractivity (Wildman–Crippen MR) is 231 cm³/mol. The first kappa shape index (κ1) is 53.4. The van der Waals surface area contributed by atoms with Gasteiger partial charge in [0.05, 0.1) is 96.8 Å². The second kappa shape index (κ2) is 32.9. The number of Topliss-reactive ketones (excluding diaryl/α,β-unsaturated/α-hetero) is 1. The Morgan fingerprint density at radius 1 is 0.623 bits per heavy atom. The number of nitrogens with zero attached hydrogens (tertiary/aromatic N) is 1. The smallest absolute Gasteiger partial charge is 0.314 e. The van der Waals surface area contributed by atoms with Crippen LogP contribution in [0.1, 0.15) is 53.5 Å². The number of hydrogen-bond donors (Lipinski definition) is 4. The number of ketones is 1. The molecule has 1 unspecified atom stereocenters. The van der Waals surface area contributed by atoms with Crippen molar-refractivity contribution in [2.24, 2.45) is 17.8 Å². The van der Waals surface area contributed by atoms with Gasteiger partial charge in [0.25, 0.3) is 0 Å². The van der Waals surface area contributed by atoms with Crippen LogP contribution in [0.2, 0.25) is 0 Å². The summed E-state index contributed by atoms with van der Waals surface area (Å²) in [5, 5.41) is 10.4. The van der Waals surface area contributed by atoms with Crippen LogP contribution < -0.4 is 30.7 Å². The zero-order valence-electron chi connectivity index (χ0n) is 37.1. The summed E-state index contributed by atoms with van der Waals surface area (Å²) >= 11 is 1.22. The van der Waals surface area contributed by atoms with Crippen LogP contribution in [0, 0.1) is 17.8 Å². The van der Waals surface area contributed by atoms with E-state index in [4.69, 9.17) is 37.9 Å². The van der Waals surface area contributed by atoms with Crippen LogP contribution in [0.25, 0.3) is 0 Å². The van der Waals surface area contributed by atoms with Gasteiger partial charge in [-0.2, -0.15) is 0 Å². The van der Waals surface area contributed by atoms with Crippen LogP contribution in [-0.2, 0) is 49.3 Å². The fraction of sp³-hybridized carbons (Fsp3) is 0.738. The molecule has 0 aliphatic carbocycles. The highest BCUT2D eigenvalue weighted by Crippen LogP contribution is 2.31. The molecule has 19 heteroatoms. The SMILES string of the molecule is CC(C)CNC(=O)NCCOCCOCCOCCOc1ccc(CN2C(=O)CC(SCC(=O)C(C)C)C2=O)cc1OCCOCCOCCOCCNC(=O)NCC(C)C. The summed E-state index contributed by atoms with van der Waals surface area (Å²) in [6.07, 6.45) is 0.0559. The lowest BCUT2D eigenvalue weighted by atomic mass is 10.1. The molecule has 18 nitrogen and oxygen atoms in total. The van der Waals surface area contributed by atoms with Crippen LogP contribution in [0.15, 0.2) is 18.2 Å². The number of thioether (sulfide) groups is 1. The molecule has 0 saturated carbocycles. The Labute approximate surface area is 365 Å². The van der Waals surface area contributed by atoms with E-state index in [2.05, 4.69) is 21.3 Å². The first-order chi connectivity index (χ1) is 29.4. The first-order valence-corrected chi connectivity index (χ1v) is 22.3. The van der Waals surface area contributed by atoms with Gasteiger partial charge < -0.3 is 59.2 Å². The third-order valence-corrected chi connectivity index (χ3v) is 9.71. The third kappa shape index (κ3) is 25.7. The molecule has 6 amide bonds. The van der Waals surface area contributed by atoms with Crippen LogP contribution in [0.5, 0.6) is 11.5 Å². The van der Waals surface area contributed by atoms with Gasteiger partial charge in [0.1, 0.15) is 19.0 Å². The number of urea groups is 2. The number of amides is 6. The lowest BCUT2D eigenvalue weighted by Gasteiger charge is -2.18. The Morgan fingerprint density at radius 2 is 1.07 bits per heavy atom. The molecule has 2 rings (SSSR count). The monoisotopic (exact) mass is 885 g/mol. The minimum atomic E-state index is -0.583. The van der Waals surface area contributed by atoms with Crippen molar-refractivity contribution in [3.8, 4) is 11.5 Å². The van der Waals surface area contributed by atoms with E-state index >= 15 is 0 Å². The maximum absolute atomic E-state index is 13.1. The van der Waals surface area contributed by atoms with Gasteiger partial charge in [-0.25, -0.2) is 9.59 Å². The summed E-state index contributed by atoms with van der Waals surface area (Å²) in [7, 11) is 0. The van der Waals surface area contributed by atoms with Crippen molar-refractivity contribution in [3.63, 3.8) is 0 Å². The fourth-order valence-electron chi connectivity index (χ4n) is 5.06. The number of carbonyl (C=O) groups excluding carboxylic acids is 5. The number of imide groups is 1. The highest BCUT2D eigenvalue weighted by Gasteiger charge is 2.39. The number of benzene rings is 1. The minimum absolute atomic E-state index is 0.0402. The summed E-state index contributed by atoms with van der Waals surface area (Å²) in [6, 6.07) is 4.83. The van der Waals surface area contributed by atoms with Gasteiger partial charge in [-0.05, 0) is 29.5 Å². The Hall–Kier alpha value is -3.72. The average Bonchev–Trinajstić information content (AvgIpc) is 3.49. The Morgan fingerprint density at radius 3 is 1.52 bits per heavy atom. The lowest BCUT2D eigenvalue weighted by Crippen LogP contribution is -2.39. The summed E-state index contributed by atoms with van der Waals surface area (Å²) in [5.74, 6) is 1.15. The molecule has 348 valence electrons. The van der Waals surface area contributed by atoms with Crippen molar-refractivity contribution in [1.82, 2.24) is 26.2 Å². The summed E-state index contributed by atoms with van der Waals surface area (Å²) < 4.78 is 45.4. The molecule has 0 radical (unpaired) electrons. The fourth-order valence-corrected chi connectivity index (χ4v) is 6.29. The lowest BCUT2D eigenvalue weighted by molar-refractivity contribution is -0.138. The number of carbonyl (C=O) groups is 5. The normalized spacial score (nSPS) is 14.0. The van der Waals surface area contributed by atoms with Crippen molar-refractivity contribution in [2.75, 3.05) is 124 Å². The van der Waals surface area contributed by atoms with Crippen LogP contribution in [0.3, 0.4) is 0 Å². The quantitative estimate of drug-likeness (QED) is 0.0564. The zero-order chi connectivity index (χ0) is 44.7. The number of nitrogens with one attached hydrogen (secondary N) is 4. The molecule has 0 bridgehead atoms. The topological polar surface area (TPSA) is 211 Å². The average molecular weight is 886 g/mol. The molecule has 1 fully saturated rings. The first-order valence-electron chi connectivity index (χ1n) is 21.2. The third-order valence-electron chi connectivity index (χ3n) is 8.49. The maximum Gasteiger partial charge on any atom is 0.314 e. The number of ether oxygens (including phenoxy) is 8. The summed E-state index contributed by atoms with van der Waals surface area (Å²) in [4.78, 5) is 62.6. The Bertz CT molecular complexity index is 1420. The molecule has 0 aromatic heterocycles. The number of hydrogen-bond acceptors (Lipinski definition) is 14. The van der Waals surface area contributed by atoms with E-state index in [0.29, 0.717) is 128 Å². The van der Waals surface area contributed by atoms with Crippen molar-refractivity contribution in [3.05, 3.63) is 23.8 Å². The molecule has 1 aliphatic heterocycles. The van der Waals surface area contributed by atoms with Crippen molar-refractivity contribution in [1.29, 1.82) is 0 Å². The van der Waals surface area contributed by atoms with Crippen molar-refractivity contribution in [2.45, 2.75) is 59.8 Å². The Balaban J connectivity index is 1.73. The molecular weight excluding hydrogens is 815 g/mol. The van der Waals surface area contributed by atoms with E-state index in [1.165, 1.54) is 16.7 Å². The van der Waals surface area contributed by atoms with Gasteiger partial charge in [0, 0.05) is 38.5 Å². The van der Waals surface area contributed by atoms with E-state index in [-0.39, 0.29) is 74.1 Å². The molecule has 1 aromatic rings. The largest absolute Gasteiger partial charge is 0.487 e. The second-order valence-corrected chi connectivity index (χ2v) is 16.3. The molecule has 1 heterocycles. The van der Waals surface area contributed by atoms with Crippen LogP contribution >= 0.6 is 11.8 Å². The van der Waals surface area contributed by atoms with Crippen LogP contribution in [0.4, 0.5) is 9.59 Å². The minimum Gasteiger partial charge on any atom is -0.487 e. The molecule has 1 aliphatic rings. The molecule has 1 saturated heterocycles. The van der Waals surface area contributed by atoms with Gasteiger partial charge in [0.2, 0.25) is 11.8 Å². The van der Waals surface area contributed by atoms with Gasteiger partial charge in [-0.3, -0.25) is 19.3 Å². The molecule has 1 aromatic carbocycles. The van der Waals surface area contributed by atoms with Gasteiger partial charge in [-0.15, -0.1) is 11.8 Å².